The van der Waals surface area contributed by atoms with Crippen molar-refractivity contribution >= 4 is 11.0 Å². The van der Waals surface area contributed by atoms with Crippen LogP contribution in [0.25, 0.3) is 11.0 Å². The maximum Gasteiger partial charge on any atom is 0.169 e. The van der Waals surface area contributed by atoms with Gasteiger partial charge in [0.15, 0.2) is 11.4 Å². The minimum absolute atomic E-state index is 0.224. The number of hydrogen-bond donors (Lipinski definition) is 2. The third kappa shape index (κ3) is 1.93. The molecule has 0 bridgehead atoms. The van der Waals surface area contributed by atoms with Crippen LogP contribution in [0.3, 0.4) is 0 Å². The number of aryl methyl sites for hydroxylation is 1. The second-order valence-electron chi connectivity index (χ2n) is 4.37. The molecule has 4 nitrogen and oxygen atoms in total. The van der Waals surface area contributed by atoms with Gasteiger partial charge in [-0.3, -0.25) is 5.84 Å². The maximum absolute atomic E-state index is 13.6. The number of nitrogens with one attached hydrogen (secondary N) is 1. The van der Waals surface area contributed by atoms with Crippen molar-refractivity contribution in [3.05, 3.63) is 59.5 Å². The van der Waals surface area contributed by atoms with Crippen LogP contribution in [0.15, 0.2) is 45.4 Å². The predicted molar refractivity (Wildman–Crippen MR) is 68.8 cm³/mol. The average molecular weight is 260 g/mol. The van der Waals surface area contributed by atoms with Crippen LogP contribution in [-0.2, 0) is 0 Å². The van der Waals surface area contributed by atoms with Crippen molar-refractivity contribution in [2.75, 3.05) is 0 Å². The van der Waals surface area contributed by atoms with Crippen LogP contribution in [-0.4, -0.2) is 0 Å². The topological polar surface area (TPSA) is 64.3 Å². The monoisotopic (exact) mass is 260 g/mol. The van der Waals surface area contributed by atoms with Crippen molar-refractivity contribution in [2.24, 2.45) is 5.84 Å². The van der Waals surface area contributed by atoms with Crippen molar-refractivity contribution in [1.29, 1.82) is 0 Å². The molecule has 0 aliphatic carbocycles. The van der Waals surface area contributed by atoms with Crippen LogP contribution in [0, 0.1) is 12.7 Å². The number of nitrogens with two attached hydrogens (primary N) is 1. The van der Waals surface area contributed by atoms with Gasteiger partial charge < -0.3 is 8.83 Å². The number of benzene rings is 1. The molecule has 1 aromatic carbocycles. The third-order valence-corrected chi connectivity index (χ3v) is 3.13. The summed E-state index contributed by atoms with van der Waals surface area (Å²) in [5.41, 5.74) is 3.80. The van der Waals surface area contributed by atoms with Crippen molar-refractivity contribution in [2.45, 2.75) is 13.0 Å². The third-order valence-electron chi connectivity index (χ3n) is 3.13. The van der Waals surface area contributed by atoms with Gasteiger partial charge >= 0.3 is 0 Å². The van der Waals surface area contributed by atoms with E-state index in [2.05, 4.69) is 5.43 Å². The molecular weight excluding hydrogens is 247 g/mol. The fourth-order valence-corrected chi connectivity index (χ4v) is 2.16. The zero-order valence-corrected chi connectivity index (χ0v) is 10.3. The van der Waals surface area contributed by atoms with Crippen molar-refractivity contribution in [1.82, 2.24) is 5.43 Å². The molecule has 1 unspecified atom stereocenters. The quantitative estimate of drug-likeness (QED) is 0.561. The van der Waals surface area contributed by atoms with Gasteiger partial charge in [-0.1, -0.05) is 12.1 Å². The van der Waals surface area contributed by atoms with Crippen LogP contribution in [0.2, 0.25) is 0 Å². The molecule has 0 fully saturated rings. The molecule has 0 saturated heterocycles. The molecular formula is C14H13FN2O2. The number of rotatable bonds is 3. The first kappa shape index (κ1) is 12.0. The van der Waals surface area contributed by atoms with E-state index in [0.29, 0.717) is 16.9 Å². The Labute approximate surface area is 109 Å². The molecule has 0 aliphatic heterocycles. The molecule has 0 aliphatic rings. The lowest BCUT2D eigenvalue weighted by Crippen LogP contribution is -2.28. The van der Waals surface area contributed by atoms with Crippen molar-refractivity contribution < 1.29 is 13.2 Å². The zero-order chi connectivity index (χ0) is 13.4. The SMILES string of the molecule is Cc1ccoc1C(NN)c1cc2cccc(F)c2o1. The summed E-state index contributed by atoms with van der Waals surface area (Å²) in [6, 6.07) is 7.93. The highest BCUT2D eigenvalue weighted by molar-refractivity contribution is 5.78. The largest absolute Gasteiger partial charge is 0.467 e. The van der Waals surface area contributed by atoms with Gasteiger partial charge in [0.1, 0.15) is 17.6 Å². The van der Waals surface area contributed by atoms with Gasteiger partial charge in [-0.25, -0.2) is 9.82 Å². The van der Waals surface area contributed by atoms with E-state index >= 15 is 0 Å². The first-order valence-electron chi connectivity index (χ1n) is 5.89. The van der Waals surface area contributed by atoms with Crippen LogP contribution < -0.4 is 11.3 Å². The molecule has 3 N–H and O–H groups in total. The van der Waals surface area contributed by atoms with E-state index < -0.39 is 11.9 Å². The van der Waals surface area contributed by atoms with Crippen LogP contribution >= 0.6 is 0 Å². The van der Waals surface area contributed by atoms with E-state index in [1.807, 2.05) is 13.0 Å². The summed E-state index contributed by atoms with van der Waals surface area (Å²) >= 11 is 0. The number of para-hydroxylation sites is 1. The van der Waals surface area contributed by atoms with E-state index in [4.69, 9.17) is 14.7 Å². The summed E-state index contributed by atoms with van der Waals surface area (Å²) in [4.78, 5) is 0. The Kier molecular flexibility index (Phi) is 2.85. The van der Waals surface area contributed by atoms with E-state index in [0.717, 1.165) is 5.56 Å². The fraction of sp³-hybridized carbons (Fsp3) is 0.143. The molecule has 2 aromatic heterocycles. The van der Waals surface area contributed by atoms with E-state index in [1.165, 1.54) is 6.07 Å². The van der Waals surface area contributed by atoms with Crippen LogP contribution in [0.1, 0.15) is 23.1 Å². The van der Waals surface area contributed by atoms with Gasteiger partial charge in [-0.15, -0.1) is 0 Å². The first-order chi connectivity index (χ1) is 9.20. The molecule has 98 valence electrons. The number of fused-ring (bicyclic) bond motifs is 1. The van der Waals surface area contributed by atoms with Gasteiger partial charge in [0.05, 0.1) is 6.26 Å². The summed E-state index contributed by atoms with van der Waals surface area (Å²) in [6.07, 6.45) is 1.58. The normalized spacial score (nSPS) is 13.0. The molecule has 0 radical (unpaired) electrons. The lowest BCUT2D eigenvalue weighted by atomic mass is 10.1. The van der Waals surface area contributed by atoms with Crippen molar-refractivity contribution in [3.63, 3.8) is 0 Å². The van der Waals surface area contributed by atoms with Gasteiger partial charge in [0, 0.05) is 5.39 Å². The minimum atomic E-state index is -0.443. The van der Waals surface area contributed by atoms with Gasteiger partial charge in [-0.2, -0.15) is 0 Å². The number of halogens is 1. The molecule has 5 heteroatoms. The maximum atomic E-state index is 13.6. The van der Waals surface area contributed by atoms with Gasteiger partial charge in [0.25, 0.3) is 0 Å². The van der Waals surface area contributed by atoms with E-state index in [1.54, 1.807) is 24.5 Å². The number of hydrazine groups is 1. The molecule has 1 atom stereocenters. The lowest BCUT2D eigenvalue weighted by Gasteiger charge is -2.11. The number of hydrogen-bond acceptors (Lipinski definition) is 4. The molecule has 2 heterocycles. The Morgan fingerprint density at radius 1 is 1.32 bits per heavy atom. The van der Waals surface area contributed by atoms with Gasteiger partial charge in [-0.05, 0) is 30.7 Å². The standard InChI is InChI=1S/C14H13FN2O2/c1-8-5-6-18-13(8)12(17-16)11-7-9-3-2-4-10(15)14(9)19-11/h2-7,12,17H,16H2,1H3. The van der Waals surface area contributed by atoms with Crippen LogP contribution in [0.4, 0.5) is 4.39 Å². The van der Waals surface area contributed by atoms with Crippen LogP contribution in [0.5, 0.6) is 0 Å². The second-order valence-corrected chi connectivity index (χ2v) is 4.37. The lowest BCUT2D eigenvalue weighted by molar-refractivity contribution is 0.398. The fourth-order valence-electron chi connectivity index (χ4n) is 2.16. The highest BCUT2D eigenvalue weighted by atomic mass is 19.1. The smallest absolute Gasteiger partial charge is 0.169 e. The summed E-state index contributed by atoms with van der Waals surface area (Å²) in [7, 11) is 0. The highest BCUT2D eigenvalue weighted by Crippen LogP contribution is 2.30. The van der Waals surface area contributed by atoms with Gasteiger partial charge in [0.2, 0.25) is 0 Å². The average Bonchev–Trinajstić information content (AvgIpc) is 2.99. The molecule has 0 spiro atoms. The predicted octanol–water partition coefficient (Wildman–Crippen LogP) is 3.03. The Morgan fingerprint density at radius 3 is 2.79 bits per heavy atom. The molecule has 3 rings (SSSR count). The summed E-state index contributed by atoms with van der Waals surface area (Å²) in [6.45, 7) is 1.91. The first-order valence-corrected chi connectivity index (χ1v) is 5.89. The van der Waals surface area contributed by atoms with E-state index in [9.17, 15) is 4.39 Å². The molecule has 3 aromatic rings. The number of furan rings is 2. The molecule has 19 heavy (non-hydrogen) atoms. The molecule has 0 saturated carbocycles. The molecule has 0 amide bonds. The summed E-state index contributed by atoms with van der Waals surface area (Å²) in [5.74, 6) is 6.34. The Bertz CT molecular complexity index is 717. The Balaban J connectivity index is 2.12. The minimum Gasteiger partial charge on any atom is -0.467 e. The summed E-state index contributed by atoms with van der Waals surface area (Å²) in [5, 5.41) is 0.694. The second kappa shape index (κ2) is 4.53. The van der Waals surface area contributed by atoms with Crippen molar-refractivity contribution in [3.8, 4) is 0 Å². The Morgan fingerprint density at radius 2 is 2.16 bits per heavy atom. The highest BCUT2D eigenvalue weighted by Gasteiger charge is 2.22. The summed E-state index contributed by atoms with van der Waals surface area (Å²) < 4.78 is 24.6. The zero-order valence-electron chi connectivity index (χ0n) is 10.3. The Hall–Kier alpha value is -2.11. The van der Waals surface area contributed by atoms with E-state index in [-0.39, 0.29) is 5.58 Å².